The lowest BCUT2D eigenvalue weighted by Crippen LogP contribution is -2.08. The highest BCUT2D eigenvalue weighted by atomic mass is 19.4. The number of alkyl halides is 3. The van der Waals surface area contributed by atoms with Crippen molar-refractivity contribution >= 4 is 10.8 Å². The van der Waals surface area contributed by atoms with Crippen LogP contribution in [-0.4, -0.2) is 14.8 Å². The molecule has 1 heterocycles. The molecule has 0 aliphatic rings. The van der Waals surface area contributed by atoms with Crippen molar-refractivity contribution in [2.24, 2.45) is 7.05 Å². The van der Waals surface area contributed by atoms with Gasteiger partial charge in [0, 0.05) is 18.2 Å². The van der Waals surface area contributed by atoms with E-state index in [1.54, 1.807) is 17.7 Å². The molecule has 0 spiro atoms. The summed E-state index contributed by atoms with van der Waals surface area (Å²) in [5.41, 5.74) is 1.24. The summed E-state index contributed by atoms with van der Waals surface area (Å²) in [6, 6.07) is 17.4. The molecule has 0 amide bonds. The van der Waals surface area contributed by atoms with Gasteiger partial charge in [0.15, 0.2) is 11.6 Å². The predicted molar refractivity (Wildman–Crippen MR) is 99.1 cm³/mol. The van der Waals surface area contributed by atoms with Gasteiger partial charge in [-0.05, 0) is 29.8 Å². The number of aryl methyl sites for hydroxylation is 1. The first-order valence-electron chi connectivity index (χ1n) is 8.41. The van der Waals surface area contributed by atoms with Crippen LogP contribution in [0.4, 0.5) is 13.2 Å². The summed E-state index contributed by atoms with van der Waals surface area (Å²) in [6.45, 7) is 2.01. The fourth-order valence-corrected chi connectivity index (χ4v) is 3.25. The van der Waals surface area contributed by atoms with Crippen LogP contribution >= 0.6 is 0 Å². The Morgan fingerprint density at radius 3 is 2.30 bits per heavy atom. The van der Waals surface area contributed by atoms with Crippen LogP contribution in [0.5, 0.6) is 0 Å². The van der Waals surface area contributed by atoms with Gasteiger partial charge in [0.05, 0.1) is 5.56 Å². The Hall–Kier alpha value is -3.15. The smallest absolute Gasteiger partial charge is 0.310 e. The minimum absolute atomic E-state index is 0.0166. The fourth-order valence-electron chi connectivity index (χ4n) is 3.25. The van der Waals surface area contributed by atoms with Gasteiger partial charge in [0.2, 0.25) is 0 Å². The molecule has 4 aromatic rings. The average molecular weight is 367 g/mol. The molecule has 0 bridgehead atoms. The molecule has 0 atom stereocenters. The molecule has 4 rings (SSSR count). The van der Waals surface area contributed by atoms with Crippen molar-refractivity contribution in [2.75, 3.05) is 0 Å². The van der Waals surface area contributed by atoms with Crippen LogP contribution in [0.1, 0.15) is 11.1 Å². The monoisotopic (exact) mass is 367 g/mol. The van der Waals surface area contributed by atoms with E-state index < -0.39 is 11.7 Å². The molecule has 3 nitrogen and oxygen atoms in total. The van der Waals surface area contributed by atoms with E-state index in [9.17, 15) is 13.2 Å². The molecule has 27 heavy (non-hydrogen) atoms. The first-order chi connectivity index (χ1) is 12.8. The lowest BCUT2D eigenvalue weighted by atomic mass is 10.0. The molecule has 1 aromatic heterocycles. The van der Waals surface area contributed by atoms with Crippen LogP contribution in [0, 0.1) is 6.92 Å². The van der Waals surface area contributed by atoms with Crippen molar-refractivity contribution < 1.29 is 13.2 Å². The Labute approximate surface area is 154 Å². The van der Waals surface area contributed by atoms with E-state index in [4.69, 9.17) is 0 Å². The van der Waals surface area contributed by atoms with Gasteiger partial charge in [-0.1, -0.05) is 54.1 Å². The van der Waals surface area contributed by atoms with Gasteiger partial charge < -0.3 is 4.57 Å². The first kappa shape index (κ1) is 17.3. The highest BCUT2D eigenvalue weighted by Gasteiger charge is 2.34. The van der Waals surface area contributed by atoms with E-state index in [1.807, 2.05) is 37.3 Å². The highest BCUT2D eigenvalue weighted by molar-refractivity contribution is 5.87. The van der Waals surface area contributed by atoms with E-state index in [1.165, 1.54) is 12.1 Å². The molecule has 3 aromatic carbocycles. The Balaban J connectivity index is 1.85. The minimum Gasteiger partial charge on any atom is -0.310 e. The standard InChI is InChI=1S/C21H16F3N3/c1-13-7-8-14-9-10-15(12-16(14)11-13)19-25-26-20(27(19)2)17-5-3-4-6-18(17)21(22,23)24/h3-12H,1-2H3. The summed E-state index contributed by atoms with van der Waals surface area (Å²) in [5.74, 6) is 0.702. The third-order valence-corrected chi connectivity index (χ3v) is 4.60. The summed E-state index contributed by atoms with van der Waals surface area (Å²) in [6.07, 6.45) is -4.46. The fraction of sp³-hybridized carbons (Fsp3) is 0.143. The molecule has 0 N–H and O–H groups in total. The van der Waals surface area contributed by atoms with Gasteiger partial charge in [-0.3, -0.25) is 0 Å². The van der Waals surface area contributed by atoms with E-state index >= 15 is 0 Å². The van der Waals surface area contributed by atoms with Gasteiger partial charge >= 0.3 is 6.18 Å². The van der Waals surface area contributed by atoms with Crippen LogP contribution in [0.2, 0.25) is 0 Å². The second-order valence-electron chi connectivity index (χ2n) is 6.51. The molecular formula is C21H16F3N3. The Morgan fingerprint density at radius 1 is 0.815 bits per heavy atom. The Kier molecular flexibility index (Phi) is 3.98. The molecule has 0 saturated carbocycles. The van der Waals surface area contributed by atoms with Crippen LogP contribution in [-0.2, 0) is 13.2 Å². The first-order valence-corrected chi connectivity index (χ1v) is 8.41. The third-order valence-electron chi connectivity index (χ3n) is 4.60. The maximum Gasteiger partial charge on any atom is 0.417 e. The van der Waals surface area contributed by atoms with Crippen molar-refractivity contribution in [3.05, 3.63) is 71.8 Å². The molecule has 6 heteroatoms. The van der Waals surface area contributed by atoms with Crippen LogP contribution in [0.3, 0.4) is 0 Å². The molecule has 0 aliphatic heterocycles. The van der Waals surface area contributed by atoms with Crippen molar-refractivity contribution in [2.45, 2.75) is 13.1 Å². The number of rotatable bonds is 2. The van der Waals surface area contributed by atoms with E-state index in [0.717, 1.165) is 28.0 Å². The van der Waals surface area contributed by atoms with Crippen LogP contribution in [0.15, 0.2) is 60.7 Å². The van der Waals surface area contributed by atoms with Gasteiger partial charge in [-0.15, -0.1) is 10.2 Å². The van der Waals surface area contributed by atoms with Crippen molar-refractivity contribution in [1.82, 2.24) is 14.8 Å². The van der Waals surface area contributed by atoms with Gasteiger partial charge in [0.1, 0.15) is 0 Å². The van der Waals surface area contributed by atoms with E-state index in [2.05, 4.69) is 16.3 Å². The summed E-state index contributed by atoms with van der Waals surface area (Å²) in [7, 11) is 1.68. The van der Waals surface area contributed by atoms with Crippen molar-refractivity contribution in [3.63, 3.8) is 0 Å². The lowest BCUT2D eigenvalue weighted by molar-refractivity contribution is -0.137. The summed E-state index contributed by atoms with van der Waals surface area (Å²) >= 11 is 0. The zero-order valence-corrected chi connectivity index (χ0v) is 14.7. The zero-order valence-electron chi connectivity index (χ0n) is 14.7. The topological polar surface area (TPSA) is 30.7 Å². The van der Waals surface area contributed by atoms with Crippen molar-refractivity contribution in [3.8, 4) is 22.8 Å². The lowest BCUT2D eigenvalue weighted by Gasteiger charge is -2.12. The number of fused-ring (bicyclic) bond motifs is 1. The Bertz CT molecular complexity index is 1140. The largest absolute Gasteiger partial charge is 0.417 e. The number of nitrogens with zero attached hydrogens (tertiary/aromatic N) is 3. The second kappa shape index (κ2) is 6.23. The van der Waals surface area contributed by atoms with Crippen LogP contribution < -0.4 is 0 Å². The van der Waals surface area contributed by atoms with Crippen molar-refractivity contribution in [1.29, 1.82) is 0 Å². The third kappa shape index (κ3) is 3.07. The maximum absolute atomic E-state index is 13.4. The number of hydrogen-bond donors (Lipinski definition) is 0. The molecule has 0 radical (unpaired) electrons. The number of halogens is 3. The number of aromatic nitrogens is 3. The second-order valence-corrected chi connectivity index (χ2v) is 6.51. The zero-order chi connectivity index (χ0) is 19.2. The normalized spacial score (nSPS) is 11.9. The molecule has 136 valence electrons. The average Bonchev–Trinajstić information content (AvgIpc) is 3.01. The highest BCUT2D eigenvalue weighted by Crippen LogP contribution is 2.37. The molecule has 0 fully saturated rings. The summed E-state index contributed by atoms with van der Waals surface area (Å²) in [4.78, 5) is 0. The van der Waals surface area contributed by atoms with E-state index in [0.29, 0.717) is 5.82 Å². The minimum atomic E-state index is -4.46. The summed E-state index contributed by atoms with van der Waals surface area (Å²) < 4.78 is 41.6. The maximum atomic E-state index is 13.4. The number of hydrogen-bond acceptors (Lipinski definition) is 2. The van der Waals surface area contributed by atoms with Gasteiger partial charge in [-0.25, -0.2) is 0 Å². The molecular weight excluding hydrogens is 351 g/mol. The van der Waals surface area contributed by atoms with Gasteiger partial charge in [0.25, 0.3) is 0 Å². The molecule has 0 saturated heterocycles. The molecule has 0 aliphatic carbocycles. The quantitative estimate of drug-likeness (QED) is 0.460. The summed E-state index contributed by atoms with van der Waals surface area (Å²) in [5, 5.41) is 10.3. The SMILES string of the molecule is Cc1ccc2ccc(-c3nnc(-c4ccccc4C(F)(F)F)n3C)cc2c1. The molecule has 0 unspecified atom stereocenters. The Morgan fingerprint density at radius 2 is 1.52 bits per heavy atom. The predicted octanol–water partition coefficient (Wildman–Crippen LogP) is 5.63. The van der Waals surface area contributed by atoms with Crippen LogP contribution in [0.25, 0.3) is 33.5 Å². The number of benzene rings is 3. The van der Waals surface area contributed by atoms with Gasteiger partial charge in [-0.2, -0.15) is 13.2 Å². The van der Waals surface area contributed by atoms with E-state index in [-0.39, 0.29) is 11.4 Å².